The summed E-state index contributed by atoms with van der Waals surface area (Å²) < 4.78 is 0. The molecule has 0 aliphatic rings. The Morgan fingerprint density at radius 2 is 1.25 bits per heavy atom. The summed E-state index contributed by atoms with van der Waals surface area (Å²) >= 11 is 0. The molecule has 1 nitrogen and oxygen atoms in total. The highest BCUT2D eigenvalue weighted by molar-refractivity contribution is 4.85. The number of nitrogens with two attached hydrogens (primary N) is 1. The minimum Gasteiger partial charge on any atom is -0.327 e. The van der Waals surface area contributed by atoms with Gasteiger partial charge in [-0.2, -0.15) is 0 Å². The first-order valence-electron chi connectivity index (χ1n) is 9.22. The van der Waals surface area contributed by atoms with Crippen LogP contribution in [0.1, 0.15) is 105 Å². The van der Waals surface area contributed by atoms with E-state index in [9.17, 15) is 0 Å². The average Bonchev–Trinajstić information content (AvgIpc) is 2.43. The zero-order chi connectivity index (χ0) is 15.4. The maximum atomic E-state index is 6.49. The molecule has 0 aliphatic carbocycles. The van der Waals surface area contributed by atoms with Gasteiger partial charge in [-0.3, -0.25) is 0 Å². The van der Waals surface area contributed by atoms with E-state index >= 15 is 0 Å². The molecular formula is C19H41N. The molecule has 0 saturated carbocycles. The smallest absolute Gasteiger partial charge is 0.00928 e. The van der Waals surface area contributed by atoms with Crippen LogP contribution in [0, 0.1) is 11.3 Å². The predicted octanol–water partition coefficient (Wildman–Crippen LogP) is 6.31. The zero-order valence-corrected chi connectivity index (χ0v) is 15.0. The molecule has 0 aromatic carbocycles. The van der Waals surface area contributed by atoms with Crippen molar-refractivity contribution in [3.8, 4) is 0 Å². The van der Waals surface area contributed by atoms with Gasteiger partial charge in [0, 0.05) is 6.04 Å². The Hall–Kier alpha value is -0.0400. The van der Waals surface area contributed by atoms with Crippen molar-refractivity contribution in [3.63, 3.8) is 0 Å². The zero-order valence-electron chi connectivity index (χ0n) is 15.0. The van der Waals surface area contributed by atoms with E-state index in [1.807, 2.05) is 0 Å². The fourth-order valence-corrected chi connectivity index (χ4v) is 2.94. The molecule has 0 saturated heterocycles. The lowest BCUT2D eigenvalue weighted by atomic mass is 9.71. The second-order valence-corrected chi connectivity index (χ2v) is 7.38. The van der Waals surface area contributed by atoms with Gasteiger partial charge in [-0.25, -0.2) is 0 Å². The molecule has 0 rings (SSSR count). The van der Waals surface area contributed by atoms with E-state index in [1.165, 1.54) is 70.6 Å². The molecule has 0 aromatic heterocycles. The van der Waals surface area contributed by atoms with E-state index in [4.69, 9.17) is 5.73 Å². The summed E-state index contributed by atoms with van der Waals surface area (Å²) in [6.45, 7) is 11.7. The summed E-state index contributed by atoms with van der Waals surface area (Å²) in [7, 11) is 0. The summed E-state index contributed by atoms with van der Waals surface area (Å²) in [6.07, 6.45) is 14.8. The molecule has 0 radical (unpaired) electrons. The second kappa shape index (κ2) is 11.6. The van der Waals surface area contributed by atoms with Crippen LogP contribution in [-0.4, -0.2) is 6.04 Å². The van der Waals surface area contributed by atoms with E-state index in [0.29, 0.717) is 6.04 Å². The van der Waals surface area contributed by atoms with Crippen LogP contribution in [0.25, 0.3) is 0 Å². The molecule has 2 N–H and O–H groups in total. The molecule has 0 aliphatic heterocycles. The quantitative estimate of drug-likeness (QED) is 0.394. The minimum atomic E-state index is 0.289. The van der Waals surface area contributed by atoms with Gasteiger partial charge < -0.3 is 5.73 Å². The molecule has 0 amide bonds. The SMILES string of the molecule is CCCCCCCCCC(N)C(C)(C)C(C)CCCC. The van der Waals surface area contributed by atoms with Crippen LogP contribution in [0.4, 0.5) is 0 Å². The third kappa shape index (κ3) is 8.29. The minimum absolute atomic E-state index is 0.289. The molecule has 2 atom stereocenters. The summed E-state index contributed by atoms with van der Waals surface area (Å²) in [4.78, 5) is 0. The van der Waals surface area contributed by atoms with Crippen molar-refractivity contribution < 1.29 is 0 Å². The van der Waals surface area contributed by atoms with Crippen LogP contribution in [0.2, 0.25) is 0 Å². The molecule has 1 heteroatoms. The van der Waals surface area contributed by atoms with Crippen molar-refractivity contribution in [2.75, 3.05) is 0 Å². The van der Waals surface area contributed by atoms with Gasteiger partial charge in [0.15, 0.2) is 0 Å². The van der Waals surface area contributed by atoms with Gasteiger partial charge in [0.05, 0.1) is 0 Å². The number of hydrogen-bond acceptors (Lipinski definition) is 1. The largest absolute Gasteiger partial charge is 0.327 e. The van der Waals surface area contributed by atoms with Crippen molar-refractivity contribution >= 4 is 0 Å². The average molecular weight is 284 g/mol. The highest BCUT2D eigenvalue weighted by atomic mass is 14.7. The third-order valence-corrected chi connectivity index (χ3v) is 5.34. The van der Waals surface area contributed by atoms with Crippen LogP contribution >= 0.6 is 0 Å². The van der Waals surface area contributed by atoms with E-state index in [0.717, 1.165) is 5.92 Å². The number of hydrogen-bond donors (Lipinski definition) is 1. The van der Waals surface area contributed by atoms with Crippen molar-refractivity contribution in [1.82, 2.24) is 0 Å². The van der Waals surface area contributed by atoms with Crippen molar-refractivity contribution in [2.24, 2.45) is 17.1 Å². The van der Waals surface area contributed by atoms with Crippen molar-refractivity contribution in [3.05, 3.63) is 0 Å². The lowest BCUT2D eigenvalue weighted by Gasteiger charge is -2.38. The maximum Gasteiger partial charge on any atom is 0.00928 e. The fourth-order valence-electron chi connectivity index (χ4n) is 2.94. The van der Waals surface area contributed by atoms with Crippen LogP contribution in [-0.2, 0) is 0 Å². The van der Waals surface area contributed by atoms with Gasteiger partial charge in [-0.05, 0) is 17.8 Å². The number of unbranched alkanes of at least 4 members (excludes halogenated alkanes) is 7. The Bertz CT molecular complexity index is 210. The van der Waals surface area contributed by atoms with Crippen molar-refractivity contribution in [1.29, 1.82) is 0 Å². The molecule has 2 unspecified atom stereocenters. The maximum absolute atomic E-state index is 6.49. The second-order valence-electron chi connectivity index (χ2n) is 7.38. The first kappa shape index (κ1) is 20.0. The molecule has 20 heavy (non-hydrogen) atoms. The molecule has 0 spiro atoms. The lowest BCUT2D eigenvalue weighted by Crippen LogP contribution is -2.41. The normalized spacial score (nSPS) is 15.3. The first-order valence-corrected chi connectivity index (χ1v) is 9.22. The topological polar surface area (TPSA) is 26.0 Å². The van der Waals surface area contributed by atoms with E-state index in [1.54, 1.807) is 0 Å². The fraction of sp³-hybridized carbons (Fsp3) is 1.00. The van der Waals surface area contributed by atoms with Gasteiger partial charge in [-0.15, -0.1) is 0 Å². The molecule has 122 valence electrons. The highest BCUT2D eigenvalue weighted by Gasteiger charge is 2.31. The van der Waals surface area contributed by atoms with Gasteiger partial charge in [0.25, 0.3) is 0 Å². The summed E-state index contributed by atoms with van der Waals surface area (Å²) in [5.41, 5.74) is 6.78. The highest BCUT2D eigenvalue weighted by Crippen LogP contribution is 2.35. The Balaban J connectivity index is 3.79. The van der Waals surface area contributed by atoms with E-state index in [2.05, 4.69) is 34.6 Å². The van der Waals surface area contributed by atoms with Gasteiger partial charge in [0.1, 0.15) is 0 Å². The van der Waals surface area contributed by atoms with Gasteiger partial charge in [0.2, 0.25) is 0 Å². The summed E-state index contributed by atoms with van der Waals surface area (Å²) in [5.74, 6) is 0.738. The number of rotatable bonds is 13. The Kier molecular flexibility index (Phi) is 11.6. The standard InChI is InChI=1S/C19H41N/c1-6-8-10-11-12-13-14-16-18(20)19(4,5)17(3)15-9-7-2/h17-18H,6-16,20H2,1-5H3. The molecular weight excluding hydrogens is 242 g/mol. The Morgan fingerprint density at radius 3 is 1.80 bits per heavy atom. The Morgan fingerprint density at radius 1 is 0.750 bits per heavy atom. The van der Waals surface area contributed by atoms with Gasteiger partial charge in [-0.1, -0.05) is 98.8 Å². The van der Waals surface area contributed by atoms with Gasteiger partial charge >= 0.3 is 0 Å². The van der Waals surface area contributed by atoms with Crippen LogP contribution in [0.3, 0.4) is 0 Å². The summed E-state index contributed by atoms with van der Waals surface area (Å²) in [5, 5.41) is 0. The Labute approximate surface area is 129 Å². The third-order valence-electron chi connectivity index (χ3n) is 5.34. The van der Waals surface area contributed by atoms with E-state index < -0.39 is 0 Å². The molecule has 0 heterocycles. The molecule has 0 bridgehead atoms. The van der Waals surface area contributed by atoms with E-state index in [-0.39, 0.29) is 5.41 Å². The van der Waals surface area contributed by atoms with Crippen molar-refractivity contribution in [2.45, 2.75) is 111 Å². The monoisotopic (exact) mass is 283 g/mol. The molecule has 0 fully saturated rings. The lowest BCUT2D eigenvalue weighted by molar-refractivity contribution is 0.159. The predicted molar refractivity (Wildman–Crippen MR) is 93.1 cm³/mol. The van der Waals surface area contributed by atoms with Crippen LogP contribution in [0.5, 0.6) is 0 Å². The summed E-state index contributed by atoms with van der Waals surface area (Å²) in [6, 6.07) is 0.366. The van der Waals surface area contributed by atoms with Crippen LogP contribution < -0.4 is 5.73 Å². The first-order chi connectivity index (χ1) is 9.46. The molecule has 0 aromatic rings. The van der Waals surface area contributed by atoms with Crippen LogP contribution in [0.15, 0.2) is 0 Å².